The highest BCUT2D eigenvalue weighted by Gasteiger charge is 2.10. The second-order valence-electron chi connectivity index (χ2n) is 5.68. The average molecular weight is 354 g/mol. The number of nitrogens with zero attached hydrogens (tertiary/aromatic N) is 3. The summed E-state index contributed by atoms with van der Waals surface area (Å²) in [4.78, 5) is 12.1. The monoisotopic (exact) mass is 354 g/mol. The molecule has 0 radical (unpaired) electrons. The van der Waals surface area contributed by atoms with Crippen LogP contribution < -0.4 is 10.1 Å². The Bertz CT molecular complexity index is 852. The quantitative estimate of drug-likeness (QED) is 0.632. The Morgan fingerprint density at radius 3 is 2.69 bits per heavy atom. The third kappa shape index (κ3) is 4.89. The van der Waals surface area contributed by atoms with Gasteiger partial charge in [-0.1, -0.05) is 47.7 Å². The van der Waals surface area contributed by atoms with Crippen LogP contribution in [-0.4, -0.2) is 34.1 Å². The van der Waals surface area contributed by atoms with Gasteiger partial charge in [0, 0.05) is 6.54 Å². The van der Waals surface area contributed by atoms with Crippen molar-refractivity contribution in [2.45, 2.75) is 13.0 Å². The van der Waals surface area contributed by atoms with Crippen molar-refractivity contribution in [3.8, 4) is 5.75 Å². The summed E-state index contributed by atoms with van der Waals surface area (Å²) < 4.78 is 20.3. The van der Waals surface area contributed by atoms with Crippen molar-refractivity contribution in [1.29, 1.82) is 0 Å². The first kappa shape index (κ1) is 17.6. The first-order valence-electron chi connectivity index (χ1n) is 8.32. The lowest BCUT2D eigenvalue weighted by atomic mass is 10.2. The van der Waals surface area contributed by atoms with Gasteiger partial charge in [-0.15, -0.1) is 5.10 Å². The van der Waals surface area contributed by atoms with Gasteiger partial charge < -0.3 is 10.1 Å². The zero-order valence-corrected chi connectivity index (χ0v) is 14.1. The average Bonchev–Trinajstić information content (AvgIpc) is 3.12. The van der Waals surface area contributed by atoms with E-state index in [0.717, 1.165) is 5.56 Å². The molecule has 0 spiro atoms. The van der Waals surface area contributed by atoms with E-state index in [4.69, 9.17) is 4.74 Å². The summed E-state index contributed by atoms with van der Waals surface area (Å²) in [5, 5.41) is 10.6. The first-order chi connectivity index (χ1) is 12.7. The molecule has 1 heterocycles. The fourth-order valence-corrected chi connectivity index (χ4v) is 2.36. The smallest absolute Gasteiger partial charge is 0.273 e. The van der Waals surface area contributed by atoms with E-state index in [2.05, 4.69) is 15.6 Å². The van der Waals surface area contributed by atoms with Crippen LogP contribution in [0.5, 0.6) is 5.75 Å². The minimum absolute atomic E-state index is 0.211. The Morgan fingerprint density at radius 2 is 1.88 bits per heavy atom. The first-order valence-corrected chi connectivity index (χ1v) is 8.32. The molecule has 1 amide bonds. The van der Waals surface area contributed by atoms with Crippen molar-refractivity contribution in [3.05, 3.63) is 77.9 Å². The van der Waals surface area contributed by atoms with Crippen LogP contribution >= 0.6 is 0 Å². The van der Waals surface area contributed by atoms with Gasteiger partial charge in [-0.25, -0.2) is 9.07 Å². The molecule has 0 atom stereocenters. The number of amides is 1. The van der Waals surface area contributed by atoms with Crippen LogP contribution in [-0.2, 0) is 6.54 Å². The maximum atomic E-state index is 13.4. The van der Waals surface area contributed by atoms with Crippen LogP contribution in [0.25, 0.3) is 0 Å². The largest absolute Gasteiger partial charge is 0.490 e. The standard InChI is InChI=1S/C19H19FN4O2/c20-16-9-4-5-10-18(16)26-12-6-11-21-19(25)17-14-24(23-22-17)13-15-7-2-1-3-8-15/h1-5,7-10,14H,6,11-13H2,(H,21,25). The molecule has 0 aliphatic rings. The molecule has 7 heteroatoms. The van der Waals surface area contributed by atoms with Crippen molar-refractivity contribution >= 4 is 5.91 Å². The van der Waals surface area contributed by atoms with Gasteiger partial charge in [-0.05, 0) is 24.1 Å². The lowest BCUT2D eigenvalue weighted by Gasteiger charge is -2.07. The van der Waals surface area contributed by atoms with Crippen LogP contribution in [0.15, 0.2) is 60.8 Å². The molecular formula is C19H19FN4O2. The predicted molar refractivity (Wildman–Crippen MR) is 94.4 cm³/mol. The third-order valence-corrected chi connectivity index (χ3v) is 3.66. The topological polar surface area (TPSA) is 69.0 Å². The molecule has 0 fully saturated rings. The molecule has 1 N–H and O–H groups in total. The summed E-state index contributed by atoms with van der Waals surface area (Å²) in [6.45, 7) is 1.26. The van der Waals surface area contributed by atoms with Crippen LogP contribution in [0, 0.1) is 5.82 Å². The van der Waals surface area contributed by atoms with Gasteiger partial charge in [0.1, 0.15) is 0 Å². The van der Waals surface area contributed by atoms with E-state index in [1.807, 2.05) is 30.3 Å². The minimum Gasteiger partial charge on any atom is -0.490 e. The van der Waals surface area contributed by atoms with Crippen molar-refractivity contribution < 1.29 is 13.9 Å². The Kier molecular flexibility index (Phi) is 5.92. The van der Waals surface area contributed by atoms with Crippen molar-refractivity contribution in [1.82, 2.24) is 20.3 Å². The molecule has 0 bridgehead atoms. The summed E-state index contributed by atoms with van der Waals surface area (Å²) in [5.74, 6) is -0.482. The van der Waals surface area contributed by atoms with Crippen LogP contribution in [0.3, 0.4) is 0 Å². The summed E-state index contributed by atoms with van der Waals surface area (Å²) in [6.07, 6.45) is 2.16. The van der Waals surface area contributed by atoms with Gasteiger partial charge in [0.2, 0.25) is 0 Å². The lowest BCUT2D eigenvalue weighted by Crippen LogP contribution is -2.26. The number of hydrogen-bond acceptors (Lipinski definition) is 4. The molecule has 0 saturated carbocycles. The number of ether oxygens (including phenoxy) is 1. The molecule has 134 valence electrons. The van der Waals surface area contributed by atoms with Crippen molar-refractivity contribution in [3.63, 3.8) is 0 Å². The summed E-state index contributed by atoms with van der Waals surface area (Å²) in [5.41, 5.74) is 1.34. The van der Waals surface area contributed by atoms with E-state index in [-0.39, 0.29) is 17.4 Å². The highest BCUT2D eigenvalue weighted by Crippen LogP contribution is 2.15. The molecule has 3 rings (SSSR count). The molecule has 3 aromatic rings. The fourth-order valence-electron chi connectivity index (χ4n) is 2.36. The molecule has 6 nitrogen and oxygen atoms in total. The third-order valence-electron chi connectivity index (χ3n) is 3.66. The van der Waals surface area contributed by atoms with Crippen LogP contribution in [0.2, 0.25) is 0 Å². The fraction of sp³-hybridized carbons (Fsp3) is 0.211. The number of nitrogens with one attached hydrogen (secondary N) is 1. The van der Waals surface area contributed by atoms with E-state index in [0.29, 0.717) is 26.1 Å². The lowest BCUT2D eigenvalue weighted by molar-refractivity contribution is 0.0946. The molecule has 0 aliphatic carbocycles. The number of carbonyl (C=O) groups excluding carboxylic acids is 1. The zero-order chi connectivity index (χ0) is 18.2. The number of aromatic nitrogens is 3. The molecule has 0 saturated heterocycles. The van der Waals surface area contributed by atoms with Gasteiger partial charge in [0.05, 0.1) is 19.3 Å². The minimum atomic E-state index is -0.397. The predicted octanol–water partition coefficient (Wildman–Crippen LogP) is 2.66. The number of carbonyl (C=O) groups is 1. The number of rotatable bonds is 8. The summed E-state index contributed by atoms with van der Waals surface area (Å²) in [6, 6.07) is 16.0. The number of halogens is 1. The van der Waals surface area contributed by atoms with Crippen molar-refractivity contribution in [2.75, 3.05) is 13.2 Å². The number of para-hydroxylation sites is 1. The molecule has 0 aliphatic heterocycles. The number of hydrogen-bond donors (Lipinski definition) is 1. The van der Waals surface area contributed by atoms with Gasteiger partial charge in [0.15, 0.2) is 17.3 Å². The van der Waals surface area contributed by atoms with E-state index >= 15 is 0 Å². The molecule has 1 aromatic heterocycles. The Balaban J connectivity index is 1.40. The molecule has 0 unspecified atom stereocenters. The molecule has 26 heavy (non-hydrogen) atoms. The SMILES string of the molecule is O=C(NCCCOc1ccccc1F)c1cn(Cc2ccccc2)nn1. The second kappa shape index (κ2) is 8.75. The van der Waals surface area contributed by atoms with Gasteiger partial charge >= 0.3 is 0 Å². The van der Waals surface area contributed by atoms with E-state index in [1.54, 1.807) is 29.1 Å². The number of benzene rings is 2. The van der Waals surface area contributed by atoms with Crippen molar-refractivity contribution in [2.24, 2.45) is 0 Å². The summed E-state index contributed by atoms with van der Waals surface area (Å²) in [7, 11) is 0. The molecule has 2 aromatic carbocycles. The highest BCUT2D eigenvalue weighted by molar-refractivity contribution is 5.91. The Morgan fingerprint density at radius 1 is 1.12 bits per heavy atom. The second-order valence-corrected chi connectivity index (χ2v) is 5.68. The van der Waals surface area contributed by atoms with E-state index in [1.165, 1.54) is 6.07 Å². The van der Waals surface area contributed by atoms with Gasteiger partial charge in [0.25, 0.3) is 5.91 Å². The van der Waals surface area contributed by atoms with E-state index < -0.39 is 5.82 Å². The maximum Gasteiger partial charge on any atom is 0.273 e. The van der Waals surface area contributed by atoms with Crippen LogP contribution in [0.1, 0.15) is 22.5 Å². The Labute approximate surface area is 150 Å². The highest BCUT2D eigenvalue weighted by atomic mass is 19.1. The summed E-state index contributed by atoms with van der Waals surface area (Å²) >= 11 is 0. The maximum absolute atomic E-state index is 13.4. The Hall–Kier alpha value is -3.22. The van der Waals surface area contributed by atoms with Gasteiger partial charge in [-0.2, -0.15) is 0 Å². The normalized spacial score (nSPS) is 10.5. The zero-order valence-electron chi connectivity index (χ0n) is 14.1. The van der Waals surface area contributed by atoms with Gasteiger partial charge in [-0.3, -0.25) is 4.79 Å². The van der Waals surface area contributed by atoms with E-state index in [9.17, 15) is 9.18 Å². The van der Waals surface area contributed by atoms with Crippen LogP contribution in [0.4, 0.5) is 4.39 Å². The molecular weight excluding hydrogens is 335 g/mol.